The minimum absolute atomic E-state index is 0.281. The van der Waals surface area contributed by atoms with Crippen LogP contribution in [0.15, 0.2) is 23.4 Å². The van der Waals surface area contributed by atoms with Crippen LogP contribution >= 0.6 is 11.8 Å². The third-order valence-corrected chi connectivity index (χ3v) is 3.84. The second kappa shape index (κ2) is 6.55. The van der Waals surface area contributed by atoms with Crippen molar-refractivity contribution in [2.75, 3.05) is 6.61 Å². The summed E-state index contributed by atoms with van der Waals surface area (Å²) in [4.78, 5) is 0. The number of rotatable bonds is 3. The molecule has 0 bridgehead atoms. The Balaban J connectivity index is 2.12. The summed E-state index contributed by atoms with van der Waals surface area (Å²) in [5, 5.41) is 17.5. The van der Waals surface area contributed by atoms with Crippen LogP contribution in [0.3, 0.4) is 0 Å². The maximum atomic E-state index is 13.5. The fraction of sp³-hybridized carbons (Fsp3) is 0.286. The highest BCUT2D eigenvalue weighted by atomic mass is 32.2. The van der Waals surface area contributed by atoms with Gasteiger partial charge in [0.15, 0.2) is 5.16 Å². The predicted molar refractivity (Wildman–Crippen MR) is 75.7 cm³/mol. The van der Waals surface area contributed by atoms with Gasteiger partial charge in [-0.2, -0.15) is 0 Å². The Kier molecular flexibility index (Phi) is 4.77. The molecule has 0 aliphatic rings. The Morgan fingerprint density at radius 2 is 2.20 bits per heavy atom. The van der Waals surface area contributed by atoms with Crippen molar-refractivity contribution in [1.82, 2.24) is 14.8 Å². The van der Waals surface area contributed by atoms with E-state index in [1.165, 1.54) is 17.8 Å². The molecule has 0 aliphatic carbocycles. The van der Waals surface area contributed by atoms with Crippen molar-refractivity contribution < 1.29 is 9.50 Å². The molecule has 4 nitrogen and oxygen atoms in total. The molecule has 2 aromatic rings. The van der Waals surface area contributed by atoms with Gasteiger partial charge in [0.2, 0.25) is 0 Å². The number of benzene rings is 1. The topological polar surface area (TPSA) is 50.9 Å². The Morgan fingerprint density at radius 1 is 1.40 bits per heavy atom. The van der Waals surface area contributed by atoms with Crippen LogP contribution in [0.25, 0.3) is 0 Å². The van der Waals surface area contributed by atoms with E-state index in [0.29, 0.717) is 11.3 Å². The first kappa shape index (κ1) is 14.6. The molecular weight excluding hydrogens is 277 g/mol. The molecule has 0 spiro atoms. The second-order valence-corrected chi connectivity index (χ2v) is 5.09. The molecular formula is C14H14FN3OS. The second-order valence-electron chi connectivity index (χ2n) is 4.15. The highest BCUT2D eigenvalue weighted by Crippen LogP contribution is 2.22. The molecule has 2 rings (SSSR count). The first-order valence-electron chi connectivity index (χ1n) is 5.98. The number of aryl methyl sites for hydroxylation is 1. The van der Waals surface area contributed by atoms with Crippen molar-refractivity contribution in [2.24, 2.45) is 7.05 Å². The molecule has 1 aromatic carbocycles. The van der Waals surface area contributed by atoms with Gasteiger partial charge < -0.3 is 9.67 Å². The summed E-state index contributed by atoms with van der Waals surface area (Å²) >= 11 is 1.53. The largest absolute Gasteiger partial charge is 0.384 e. The van der Waals surface area contributed by atoms with Crippen molar-refractivity contribution in [3.63, 3.8) is 0 Å². The molecule has 1 heterocycles. The Morgan fingerprint density at radius 3 is 2.85 bits per heavy atom. The Hall–Kier alpha value is -1.84. The Bertz CT molecular complexity index is 673. The smallest absolute Gasteiger partial charge is 0.191 e. The number of aliphatic hydroxyl groups is 1. The highest BCUT2D eigenvalue weighted by molar-refractivity contribution is 7.98. The standard InChI is InChI=1S/C14H14FN3OS/c1-10-16-17-14(18(10)2)20-9-11-5-6-13(15)12(8-11)4-3-7-19/h5-6,8,19H,7,9H2,1-2H3. The maximum absolute atomic E-state index is 13.5. The number of hydrogen-bond acceptors (Lipinski definition) is 4. The highest BCUT2D eigenvalue weighted by Gasteiger charge is 2.07. The minimum Gasteiger partial charge on any atom is -0.384 e. The lowest BCUT2D eigenvalue weighted by Crippen LogP contribution is -1.94. The third-order valence-electron chi connectivity index (χ3n) is 2.75. The van der Waals surface area contributed by atoms with E-state index >= 15 is 0 Å². The number of aromatic nitrogens is 3. The number of hydrogen-bond donors (Lipinski definition) is 1. The average Bonchev–Trinajstić information content (AvgIpc) is 2.76. The van der Waals surface area contributed by atoms with Gasteiger partial charge in [-0.1, -0.05) is 29.7 Å². The summed E-state index contributed by atoms with van der Waals surface area (Å²) in [5.41, 5.74) is 1.24. The fourth-order valence-corrected chi connectivity index (χ4v) is 2.45. The van der Waals surface area contributed by atoms with E-state index in [4.69, 9.17) is 5.11 Å². The molecule has 0 unspecified atom stereocenters. The molecule has 1 N–H and O–H groups in total. The molecule has 1 aromatic heterocycles. The summed E-state index contributed by atoms with van der Waals surface area (Å²) < 4.78 is 15.4. The number of halogens is 1. The minimum atomic E-state index is -0.380. The van der Waals surface area contributed by atoms with Crippen molar-refractivity contribution in [3.8, 4) is 11.8 Å². The lowest BCUT2D eigenvalue weighted by molar-refractivity contribution is 0.350. The van der Waals surface area contributed by atoms with E-state index in [0.717, 1.165) is 16.5 Å². The summed E-state index contributed by atoms with van der Waals surface area (Å²) in [5.74, 6) is 6.17. The van der Waals surface area contributed by atoms with Crippen molar-refractivity contribution in [1.29, 1.82) is 0 Å². The van der Waals surface area contributed by atoms with Gasteiger partial charge in [0, 0.05) is 12.8 Å². The zero-order chi connectivity index (χ0) is 14.5. The van der Waals surface area contributed by atoms with Crippen molar-refractivity contribution >= 4 is 11.8 Å². The number of aliphatic hydroxyl groups excluding tert-OH is 1. The van der Waals surface area contributed by atoms with Crippen LogP contribution in [0.2, 0.25) is 0 Å². The summed E-state index contributed by atoms with van der Waals surface area (Å²) in [6, 6.07) is 4.79. The fourth-order valence-electron chi connectivity index (χ4n) is 1.55. The third kappa shape index (κ3) is 3.38. The molecule has 0 saturated carbocycles. The lowest BCUT2D eigenvalue weighted by Gasteiger charge is -2.03. The van der Waals surface area contributed by atoms with Gasteiger partial charge in [-0.15, -0.1) is 10.2 Å². The van der Waals surface area contributed by atoms with Crippen LogP contribution in [0.4, 0.5) is 4.39 Å². The van der Waals surface area contributed by atoms with E-state index in [-0.39, 0.29) is 12.4 Å². The van der Waals surface area contributed by atoms with Crippen LogP contribution in [0.5, 0.6) is 0 Å². The van der Waals surface area contributed by atoms with Gasteiger partial charge >= 0.3 is 0 Å². The van der Waals surface area contributed by atoms with Gasteiger partial charge in [-0.3, -0.25) is 0 Å². The summed E-state index contributed by atoms with van der Waals surface area (Å²) in [6.45, 7) is 1.61. The van der Waals surface area contributed by atoms with Gasteiger partial charge in [0.05, 0.1) is 5.56 Å². The van der Waals surface area contributed by atoms with Gasteiger partial charge in [-0.25, -0.2) is 4.39 Å². The van der Waals surface area contributed by atoms with E-state index < -0.39 is 0 Å². The van der Waals surface area contributed by atoms with E-state index in [1.54, 1.807) is 12.1 Å². The van der Waals surface area contributed by atoms with E-state index in [9.17, 15) is 4.39 Å². The number of nitrogens with zero attached hydrogens (tertiary/aromatic N) is 3. The van der Waals surface area contributed by atoms with Crippen LogP contribution < -0.4 is 0 Å². The van der Waals surface area contributed by atoms with Gasteiger partial charge in [0.25, 0.3) is 0 Å². The number of thioether (sulfide) groups is 1. The summed E-state index contributed by atoms with van der Waals surface area (Å²) in [6.07, 6.45) is 0. The monoisotopic (exact) mass is 291 g/mol. The molecule has 0 fully saturated rings. The predicted octanol–water partition coefficient (Wildman–Crippen LogP) is 1.90. The zero-order valence-electron chi connectivity index (χ0n) is 11.2. The van der Waals surface area contributed by atoms with E-state index in [2.05, 4.69) is 22.0 Å². The molecule has 104 valence electrons. The average molecular weight is 291 g/mol. The Labute approximate surface area is 121 Å². The van der Waals surface area contributed by atoms with E-state index in [1.807, 2.05) is 18.5 Å². The van der Waals surface area contributed by atoms with Crippen molar-refractivity contribution in [3.05, 3.63) is 41.0 Å². The first-order valence-corrected chi connectivity index (χ1v) is 6.97. The van der Waals surface area contributed by atoms with Gasteiger partial charge in [-0.05, 0) is 24.6 Å². The molecule has 0 amide bonds. The van der Waals surface area contributed by atoms with Crippen molar-refractivity contribution in [2.45, 2.75) is 17.8 Å². The SMILES string of the molecule is Cc1nnc(SCc2ccc(F)c(C#CCO)c2)n1C. The van der Waals surface area contributed by atoms with Crippen LogP contribution in [-0.2, 0) is 12.8 Å². The van der Waals surface area contributed by atoms with Crippen LogP contribution in [-0.4, -0.2) is 26.5 Å². The maximum Gasteiger partial charge on any atom is 0.191 e. The molecule has 0 radical (unpaired) electrons. The normalized spacial score (nSPS) is 10.2. The zero-order valence-corrected chi connectivity index (χ0v) is 12.0. The molecule has 0 aliphatic heterocycles. The first-order chi connectivity index (χ1) is 9.61. The molecule has 20 heavy (non-hydrogen) atoms. The lowest BCUT2D eigenvalue weighted by atomic mass is 10.1. The van der Waals surface area contributed by atoms with Crippen LogP contribution in [0.1, 0.15) is 17.0 Å². The molecule has 6 heteroatoms. The van der Waals surface area contributed by atoms with Gasteiger partial charge in [0.1, 0.15) is 18.2 Å². The summed E-state index contributed by atoms with van der Waals surface area (Å²) in [7, 11) is 1.90. The molecule has 0 atom stereocenters. The quantitative estimate of drug-likeness (QED) is 0.693. The molecule has 0 saturated heterocycles. The van der Waals surface area contributed by atoms with Crippen LogP contribution in [0, 0.1) is 24.6 Å².